The van der Waals surface area contributed by atoms with Crippen LogP contribution in [0.3, 0.4) is 0 Å². The summed E-state index contributed by atoms with van der Waals surface area (Å²) in [5, 5.41) is 26.8. The highest BCUT2D eigenvalue weighted by atomic mass is 16.4. The molecule has 0 radical (unpaired) electrons. The van der Waals surface area contributed by atoms with Crippen LogP contribution >= 0.6 is 0 Å². The number of nitrogens with two attached hydrogens (primary N) is 1. The maximum absolute atomic E-state index is 10.9. The molecule has 6 nitrogen and oxygen atoms in total. The van der Waals surface area contributed by atoms with Crippen LogP contribution < -0.4 is 5.73 Å². The predicted octanol–water partition coefficient (Wildman–Crippen LogP) is 0.349. The van der Waals surface area contributed by atoms with Gasteiger partial charge >= 0.3 is 11.9 Å². The van der Waals surface area contributed by atoms with Crippen molar-refractivity contribution in [1.29, 1.82) is 0 Å². The molecule has 0 aliphatic carbocycles. The number of aliphatic carboxylic acids is 1. The van der Waals surface area contributed by atoms with Crippen LogP contribution in [0.25, 0.3) is 0 Å². The lowest BCUT2D eigenvalue weighted by Gasteiger charge is -2.20. The maximum atomic E-state index is 10.9. The molecule has 86 valence electrons. The Morgan fingerprint density at radius 2 is 1.88 bits per heavy atom. The average Bonchev–Trinajstić information content (AvgIpc) is 2.17. The van der Waals surface area contributed by atoms with Crippen LogP contribution in [0.1, 0.15) is 22.8 Å². The molecule has 16 heavy (non-hydrogen) atoms. The first-order valence-corrected chi connectivity index (χ1v) is 4.36. The van der Waals surface area contributed by atoms with Gasteiger partial charge in [-0.2, -0.15) is 0 Å². The molecule has 0 fully saturated rings. The van der Waals surface area contributed by atoms with Gasteiger partial charge in [0.2, 0.25) is 0 Å². The monoisotopic (exact) mass is 225 g/mol. The predicted molar refractivity (Wildman–Crippen MR) is 54.2 cm³/mol. The summed E-state index contributed by atoms with van der Waals surface area (Å²) in [5.41, 5.74) is 3.56. The van der Waals surface area contributed by atoms with Crippen molar-refractivity contribution in [2.75, 3.05) is 0 Å². The quantitative estimate of drug-likeness (QED) is 0.589. The van der Waals surface area contributed by atoms with E-state index in [1.54, 1.807) is 0 Å². The van der Waals surface area contributed by atoms with Crippen molar-refractivity contribution in [3.8, 4) is 5.75 Å². The highest BCUT2D eigenvalue weighted by molar-refractivity contribution is 5.91. The molecule has 0 aliphatic rings. The molecule has 0 aromatic heterocycles. The number of carboxylic acids is 2. The fourth-order valence-corrected chi connectivity index (χ4v) is 1.15. The van der Waals surface area contributed by atoms with E-state index >= 15 is 0 Å². The van der Waals surface area contributed by atoms with E-state index in [1.807, 2.05) is 0 Å². The summed E-state index contributed by atoms with van der Waals surface area (Å²) in [4.78, 5) is 21.6. The van der Waals surface area contributed by atoms with Crippen LogP contribution in [-0.4, -0.2) is 27.3 Å². The summed E-state index contributed by atoms with van der Waals surface area (Å²) in [6, 6.07) is 3.43. The molecule has 0 bridgehead atoms. The number of aromatic hydroxyl groups is 1. The van der Waals surface area contributed by atoms with E-state index in [9.17, 15) is 14.7 Å². The van der Waals surface area contributed by atoms with E-state index in [2.05, 4.69) is 0 Å². The molecule has 1 rings (SSSR count). The summed E-state index contributed by atoms with van der Waals surface area (Å²) in [6.45, 7) is 1.24. The van der Waals surface area contributed by atoms with Crippen LogP contribution in [0.4, 0.5) is 0 Å². The number of hydrogen-bond donors (Lipinski definition) is 4. The number of rotatable bonds is 3. The van der Waals surface area contributed by atoms with Gasteiger partial charge in [0.1, 0.15) is 16.9 Å². The smallest absolute Gasteiger partial charge is 0.339 e. The Bertz CT molecular complexity index is 453. The molecule has 0 unspecified atom stereocenters. The molecule has 0 spiro atoms. The first kappa shape index (κ1) is 12.0. The first-order valence-electron chi connectivity index (χ1n) is 4.36. The highest BCUT2D eigenvalue weighted by Crippen LogP contribution is 2.24. The summed E-state index contributed by atoms with van der Waals surface area (Å²) >= 11 is 0. The van der Waals surface area contributed by atoms with Gasteiger partial charge in [0.15, 0.2) is 0 Å². The van der Waals surface area contributed by atoms with Crippen molar-refractivity contribution in [3.63, 3.8) is 0 Å². The molecule has 0 saturated heterocycles. The Morgan fingerprint density at radius 1 is 1.31 bits per heavy atom. The molecule has 0 saturated carbocycles. The number of carbonyl (C=O) groups is 2. The van der Waals surface area contributed by atoms with Gasteiger partial charge in [-0.15, -0.1) is 0 Å². The second-order valence-corrected chi connectivity index (χ2v) is 3.54. The lowest BCUT2D eigenvalue weighted by Crippen LogP contribution is -2.41. The molecule has 1 aromatic carbocycles. The normalized spacial score (nSPS) is 14.1. The summed E-state index contributed by atoms with van der Waals surface area (Å²) in [6.07, 6.45) is 0. The average molecular weight is 225 g/mol. The zero-order chi connectivity index (χ0) is 12.5. The third kappa shape index (κ3) is 1.96. The third-order valence-electron chi connectivity index (χ3n) is 2.27. The van der Waals surface area contributed by atoms with E-state index in [4.69, 9.17) is 15.9 Å². The van der Waals surface area contributed by atoms with Crippen LogP contribution in [0.15, 0.2) is 18.2 Å². The van der Waals surface area contributed by atoms with Gasteiger partial charge in [0, 0.05) is 0 Å². The van der Waals surface area contributed by atoms with Crippen LogP contribution in [0.2, 0.25) is 0 Å². The number of aromatic carboxylic acids is 1. The Balaban J connectivity index is 3.33. The van der Waals surface area contributed by atoms with Crippen molar-refractivity contribution in [2.45, 2.75) is 12.5 Å². The van der Waals surface area contributed by atoms with Crippen LogP contribution in [0.5, 0.6) is 5.75 Å². The summed E-state index contributed by atoms with van der Waals surface area (Å²) < 4.78 is 0. The Kier molecular flexibility index (Phi) is 2.86. The number of benzene rings is 1. The van der Waals surface area contributed by atoms with Gasteiger partial charge in [-0.1, -0.05) is 6.07 Å². The third-order valence-corrected chi connectivity index (χ3v) is 2.27. The molecule has 0 aliphatic heterocycles. The molecule has 0 amide bonds. The van der Waals surface area contributed by atoms with Gasteiger partial charge in [-0.05, 0) is 24.6 Å². The number of phenols is 1. The van der Waals surface area contributed by atoms with Crippen molar-refractivity contribution >= 4 is 11.9 Å². The molecular weight excluding hydrogens is 214 g/mol. The minimum absolute atomic E-state index is 0.107. The maximum Gasteiger partial charge on any atom is 0.339 e. The van der Waals surface area contributed by atoms with Gasteiger partial charge in [0.25, 0.3) is 0 Å². The van der Waals surface area contributed by atoms with Gasteiger partial charge in [0.05, 0.1) is 0 Å². The van der Waals surface area contributed by atoms with E-state index < -0.39 is 23.2 Å². The van der Waals surface area contributed by atoms with Crippen LogP contribution in [-0.2, 0) is 10.3 Å². The zero-order valence-corrected chi connectivity index (χ0v) is 8.47. The summed E-state index contributed by atoms with van der Waals surface area (Å²) in [7, 11) is 0. The minimum Gasteiger partial charge on any atom is -0.507 e. The van der Waals surface area contributed by atoms with Gasteiger partial charge in [-0.3, -0.25) is 0 Å². The topological polar surface area (TPSA) is 121 Å². The molecule has 0 heterocycles. The fraction of sp³-hybridized carbons (Fsp3) is 0.200. The molecule has 1 aromatic rings. The Morgan fingerprint density at radius 3 is 2.31 bits per heavy atom. The Hall–Kier alpha value is -2.08. The van der Waals surface area contributed by atoms with Crippen LogP contribution in [0, 0.1) is 0 Å². The SMILES string of the molecule is C[C@](N)(C(=O)O)c1ccc(O)c(C(=O)O)c1. The lowest BCUT2D eigenvalue weighted by molar-refractivity contribution is -0.143. The standard InChI is InChI=1S/C10H11NO5/c1-10(11,9(15)16)5-2-3-7(12)6(4-5)8(13)14/h2-4,12H,11H2,1H3,(H,13,14)(H,15,16)/t10-/m1/s1. The largest absolute Gasteiger partial charge is 0.507 e. The highest BCUT2D eigenvalue weighted by Gasteiger charge is 2.31. The number of hydrogen-bond acceptors (Lipinski definition) is 4. The summed E-state index contributed by atoms with van der Waals surface area (Å²) in [5.74, 6) is -3.06. The van der Waals surface area contributed by atoms with Gasteiger partial charge < -0.3 is 21.1 Å². The molecular formula is C10H11NO5. The molecule has 5 N–H and O–H groups in total. The lowest BCUT2D eigenvalue weighted by atomic mass is 9.92. The minimum atomic E-state index is -1.70. The van der Waals surface area contributed by atoms with Crippen molar-refractivity contribution < 1.29 is 24.9 Å². The van der Waals surface area contributed by atoms with Crippen molar-refractivity contribution in [1.82, 2.24) is 0 Å². The van der Waals surface area contributed by atoms with E-state index in [-0.39, 0.29) is 11.1 Å². The first-order chi connectivity index (χ1) is 7.26. The molecule has 6 heteroatoms. The Labute approximate surface area is 90.9 Å². The second-order valence-electron chi connectivity index (χ2n) is 3.54. The van der Waals surface area contributed by atoms with Crippen molar-refractivity contribution in [2.24, 2.45) is 5.73 Å². The van der Waals surface area contributed by atoms with Crippen molar-refractivity contribution in [3.05, 3.63) is 29.3 Å². The van der Waals surface area contributed by atoms with E-state index in [0.29, 0.717) is 0 Å². The fourth-order valence-electron chi connectivity index (χ4n) is 1.15. The van der Waals surface area contributed by atoms with E-state index in [1.165, 1.54) is 13.0 Å². The second kappa shape index (κ2) is 3.82. The molecule has 1 atom stereocenters. The number of carboxylic acid groups (broad SMARTS) is 2. The van der Waals surface area contributed by atoms with Gasteiger partial charge in [-0.25, -0.2) is 9.59 Å². The van der Waals surface area contributed by atoms with E-state index in [0.717, 1.165) is 12.1 Å². The zero-order valence-electron chi connectivity index (χ0n) is 8.47.